The van der Waals surface area contributed by atoms with Crippen LogP contribution in [0.4, 0.5) is 0 Å². The lowest BCUT2D eigenvalue weighted by atomic mass is 10.0. The van der Waals surface area contributed by atoms with E-state index in [4.69, 9.17) is 0 Å². The van der Waals surface area contributed by atoms with Crippen molar-refractivity contribution in [1.82, 2.24) is 10.2 Å². The van der Waals surface area contributed by atoms with Crippen LogP contribution >= 0.6 is 0 Å². The van der Waals surface area contributed by atoms with Gasteiger partial charge in [-0.1, -0.05) is 17.7 Å². The Morgan fingerprint density at radius 1 is 1.22 bits per heavy atom. The Morgan fingerprint density at radius 2 is 1.83 bits per heavy atom. The molecule has 1 saturated heterocycles. The summed E-state index contributed by atoms with van der Waals surface area (Å²) in [6.07, 6.45) is 0. The van der Waals surface area contributed by atoms with Gasteiger partial charge in [0.2, 0.25) is 0 Å². The first kappa shape index (κ1) is 13.1. The SMILES string of the molecule is Cc1ccc(C(=O)N2CC(C)NC(C)C2)c(C)c1. The molecule has 0 radical (unpaired) electrons. The fourth-order valence-corrected chi connectivity index (χ4v) is 2.72. The van der Waals surface area contributed by atoms with Gasteiger partial charge in [0.05, 0.1) is 0 Å². The highest BCUT2D eigenvalue weighted by atomic mass is 16.2. The molecule has 1 aromatic carbocycles. The number of piperazine rings is 1. The maximum absolute atomic E-state index is 12.5. The minimum Gasteiger partial charge on any atom is -0.336 e. The van der Waals surface area contributed by atoms with E-state index in [0.717, 1.165) is 24.2 Å². The average Bonchev–Trinajstić information content (AvgIpc) is 2.26. The quantitative estimate of drug-likeness (QED) is 0.823. The van der Waals surface area contributed by atoms with Crippen molar-refractivity contribution in [3.63, 3.8) is 0 Å². The van der Waals surface area contributed by atoms with Gasteiger partial charge in [0.1, 0.15) is 0 Å². The maximum atomic E-state index is 12.5. The lowest BCUT2D eigenvalue weighted by Gasteiger charge is -2.36. The van der Waals surface area contributed by atoms with Gasteiger partial charge in [-0.15, -0.1) is 0 Å². The van der Waals surface area contributed by atoms with Crippen molar-refractivity contribution in [1.29, 1.82) is 0 Å². The number of nitrogens with one attached hydrogen (secondary N) is 1. The van der Waals surface area contributed by atoms with Crippen molar-refractivity contribution in [2.45, 2.75) is 39.8 Å². The van der Waals surface area contributed by atoms with Crippen LogP contribution in [0.3, 0.4) is 0 Å². The Kier molecular flexibility index (Phi) is 3.71. The highest BCUT2D eigenvalue weighted by molar-refractivity contribution is 5.95. The number of aryl methyl sites for hydroxylation is 2. The van der Waals surface area contributed by atoms with E-state index in [0.29, 0.717) is 12.1 Å². The number of hydrogen-bond donors (Lipinski definition) is 1. The van der Waals surface area contributed by atoms with Crippen molar-refractivity contribution in [2.24, 2.45) is 0 Å². The summed E-state index contributed by atoms with van der Waals surface area (Å²) >= 11 is 0. The minimum atomic E-state index is 0.160. The van der Waals surface area contributed by atoms with Gasteiger partial charge in [-0.3, -0.25) is 4.79 Å². The molecule has 1 heterocycles. The monoisotopic (exact) mass is 246 g/mol. The molecular weight excluding hydrogens is 224 g/mol. The zero-order valence-corrected chi connectivity index (χ0v) is 11.7. The summed E-state index contributed by atoms with van der Waals surface area (Å²) in [5.41, 5.74) is 3.10. The van der Waals surface area contributed by atoms with Crippen molar-refractivity contribution >= 4 is 5.91 Å². The van der Waals surface area contributed by atoms with E-state index in [1.807, 2.05) is 24.0 Å². The molecule has 0 aliphatic carbocycles. The molecule has 1 N–H and O–H groups in total. The van der Waals surface area contributed by atoms with Crippen LogP contribution in [0.1, 0.15) is 35.3 Å². The topological polar surface area (TPSA) is 32.3 Å². The molecule has 18 heavy (non-hydrogen) atoms. The van der Waals surface area contributed by atoms with Crippen molar-refractivity contribution in [3.05, 3.63) is 34.9 Å². The second kappa shape index (κ2) is 5.11. The zero-order chi connectivity index (χ0) is 13.3. The van der Waals surface area contributed by atoms with Crippen LogP contribution in [0.15, 0.2) is 18.2 Å². The first-order chi connectivity index (χ1) is 8.47. The largest absolute Gasteiger partial charge is 0.336 e. The third kappa shape index (κ3) is 2.72. The summed E-state index contributed by atoms with van der Waals surface area (Å²) in [6.45, 7) is 9.88. The minimum absolute atomic E-state index is 0.160. The lowest BCUT2D eigenvalue weighted by Crippen LogP contribution is -2.55. The standard InChI is InChI=1S/C15H22N2O/c1-10-5-6-14(11(2)7-10)15(18)17-8-12(3)16-13(4)9-17/h5-7,12-13,16H,8-9H2,1-4H3. The molecule has 0 spiro atoms. The van der Waals surface area contributed by atoms with Crippen LogP contribution in [0.2, 0.25) is 0 Å². The van der Waals surface area contributed by atoms with E-state index in [1.165, 1.54) is 5.56 Å². The molecule has 3 heteroatoms. The van der Waals surface area contributed by atoms with Crippen LogP contribution in [-0.2, 0) is 0 Å². The first-order valence-corrected chi connectivity index (χ1v) is 6.60. The number of benzene rings is 1. The molecule has 2 unspecified atom stereocenters. The maximum Gasteiger partial charge on any atom is 0.254 e. The molecule has 1 aliphatic rings. The fraction of sp³-hybridized carbons (Fsp3) is 0.533. The highest BCUT2D eigenvalue weighted by Crippen LogP contribution is 2.15. The van der Waals surface area contributed by atoms with Crippen molar-refractivity contribution in [2.75, 3.05) is 13.1 Å². The smallest absolute Gasteiger partial charge is 0.254 e. The second-order valence-electron chi connectivity index (χ2n) is 5.50. The molecule has 1 aromatic rings. The predicted octanol–water partition coefficient (Wildman–Crippen LogP) is 2.13. The molecule has 1 aliphatic heterocycles. The Morgan fingerprint density at radius 3 is 2.39 bits per heavy atom. The van der Waals surface area contributed by atoms with Crippen LogP contribution < -0.4 is 5.32 Å². The van der Waals surface area contributed by atoms with Gasteiger partial charge in [-0.25, -0.2) is 0 Å². The second-order valence-corrected chi connectivity index (χ2v) is 5.50. The summed E-state index contributed by atoms with van der Waals surface area (Å²) in [7, 11) is 0. The van der Waals surface area contributed by atoms with E-state index >= 15 is 0 Å². The van der Waals surface area contributed by atoms with Gasteiger partial charge in [0.15, 0.2) is 0 Å². The number of carbonyl (C=O) groups excluding carboxylic acids is 1. The molecule has 0 aromatic heterocycles. The van der Waals surface area contributed by atoms with E-state index in [9.17, 15) is 4.79 Å². The molecule has 0 bridgehead atoms. The summed E-state index contributed by atoms with van der Waals surface area (Å²) in [4.78, 5) is 14.5. The number of rotatable bonds is 1. The van der Waals surface area contributed by atoms with E-state index in [-0.39, 0.29) is 5.91 Å². The summed E-state index contributed by atoms with van der Waals surface area (Å²) in [6, 6.07) is 6.76. The van der Waals surface area contributed by atoms with E-state index < -0.39 is 0 Å². The van der Waals surface area contributed by atoms with Gasteiger partial charge < -0.3 is 10.2 Å². The first-order valence-electron chi connectivity index (χ1n) is 6.60. The molecule has 1 amide bonds. The Hall–Kier alpha value is -1.35. The van der Waals surface area contributed by atoms with Crippen molar-refractivity contribution in [3.8, 4) is 0 Å². The summed E-state index contributed by atoms with van der Waals surface area (Å²) < 4.78 is 0. The predicted molar refractivity (Wildman–Crippen MR) is 73.9 cm³/mol. The van der Waals surface area contributed by atoms with Crippen LogP contribution in [0.25, 0.3) is 0 Å². The van der Waals surface area contributed by atoms with Gasteiger partial charge in [0, 0.05) is 30.7 Å². The number of amides is 1. The van der Waals surface area contributed by atoms with Gasteiger partial charge >= 0.3 is 0 Å². The molecule has 3 nitrogen and oxygen atoms in total. The third-order valence-electron chi connectivity index (χ3n) is 3.46. The van der Waals surface area contributed by atoms with E-state index in [2.05, 4.69) is 32.2 Å². The number of hydrogen-bond acceptors (Lipinski definition) is 2. The molecule has 0 saturated carbocycles. The highest BCUT2D eigenvalue weighted by Gasteiger charge is 2.26. The van der Waals surface area contributed by atoms with Gasteiger partial charge in [-0.2, -0.15) is 0 Å². The summed E-state index contributed by atoms with van der Waals surface area (Å²) in [5.74, 6) is 0.160. The number of nitrogens with zero attached hydrogens (tertiary/aromatic N) is 1. The molecular formula is C15H22N2O. The zero-order valence-electron chi connectivity index (χ0n) is 11.7. The van der Waals surface area contributed by atoms with Crippen molar-refractivity contribution < 1.29 is 4.79 Å². The van der Waals surface area contributed by atoms with Gasteiger partial charge in [0.25, 0.3) is 5.91 Å². The molecule has 2 rings (SSSR count). The van der Waals surface area contributed by atoms with E-state index in [1.54, 1.807) is 0 Å². The third-order valence-corrected chi connectivity index (χ3v) is 3.46. The number of carbonyl (C=O) groups is 1. The van der Waals surface area contributed by atoms with Crippen LogP contribution in [0.5, 0.6) is 0 Å². The molecule has 2 atom stereocenters. The lowest BCUT2D eigenvalue weighted by molar-refractivity contribution is 0.0673. The van der Waals surface area contributed by atoms with Crippen LogP contribution in [-0.4, -0.2) is 36.0 Å². The average molecular weight is 246 g/mol. The fourth-order valence-electron chi connectivity index (χ4n) is 2.72. The Balaban J connectivity index is 2.20. The summed E-state index contributed by atoms with van der Waals surface area (Å²) in [5, 5.41) is 3.45. The Bertz CT molecular complexity index is 446. The normalized spacial score (nSPS) is 24.1. The Labute approximate surface area is 109 Å². The molecule has 1 fully saturated rings. The van der Waals surface area contributed by atoms with Crippen LogP contribution in [0, 0.1) is 13.8 Å². The van der Waals surface area contributed by atoms with Gasteiger partial charge in [-0.05, 0) is 39.3 Å². The molecule has 98 valence electrons.